The number of aromatic nitrogens is 3. The Morgan fingerprint density at radius 2 is 2.57 bits per heavy atom. The molecule has 0 saturated heterocycles. The molecule has 1 atom stereocenters. The molecule has 0 fully saturated rings. The second-order valence-corrected chi connectivity index (χ2v) is 4.90. The lowest BCUT2D eigenvalue weighted by Gasteiger charge is -2.05. The average Bonchev–Trinajstić information content (AvgIpc) is 2.74. The van der Waals surface area contributed by atoms with E-state index in [1.165, 1.54) is 0 Å². The number of thioether (sulfide) groups is 1. The highest BCUT2D eigenvalue weighted by atomic mass is 79.9. The molecular weight excluding hydrogens is 264 g/mol. The van der Waals surface area contributed by atoms with Crippen LogP contribution in [0.2, 0.25) is 0 Å². The van der Waals surface area contributed by atoms with Crippen LogP contribution < -0.4 is 5.32 Å². The standard InChI is InChI=1S/C8H11BrN4S/c1-2-3-10-7-11-12-8-13(7)5-6(4-9)14-8/h2,6H,1,3-5H2,(H,10,11)/t6-/m0/s1. The van der Waals surface area contributed by atoms with Gasteiger partial charge in [0.2, 0.25) is 5.95 Å². The minimum atomic E-state index is 0.574. The zero-order valence-corrected chi connectivity index (χ0v) is 10.0. The van der Waals surface area contributed by atoms with Crippen molar-refractivity contribution < 1.29 is 0 Å². The topological polar surface area (TPSA) is 42.7 Å². The van der Waals surface area contributed by atoms with Gasteiger partial charge in [-0.05, 0) is 0 Å². The highest BCUT2D eigenvalue weighted by molar-refractivity contribution is 9.09. The number of rotatable bonds is 4. The molecule has 0 amide bonds. The van der Waals surface area contributed by atoms with E-state index in [2.05, 4.69) is 42.6 Å². The lowest BCUT2D eigenvalue weighted by Crippen LogP contribution is -2.11. The third-order valence-electron chi connectivity index (χ3n) is 1.95. The summed E-state index contributed by atoms with van der Waals surface area (Å²) >= 11 is 5.25. The molecule has 0 spiro atoms. The van der Waals surface area contributed by atoms with E-state index in [1.54, 1.807) is 11.8 Å². The molecule has 14 heavy (non-hydrogen) atoms. The van der Waals surface area contributed by atoms with E-state index < -0.39 is 0 Å². The van der Waals surface area contributed by atoms with Crippen molar-refractivity contribution in [3.8, 4) is 0 Å². The molecule has 0 radical (unpaired) electrons. The first-order valence-corrected chi connectivity index (χ1v) is 6.36. The predicted molar refractivity (Wildman–Crippen MR) is 62.1 cm³/mol. The van der Waals surface area contributed by atoms with Crippen LogP contribution in [0.4, 0.5) is 5.95 Å². The second-order valence-electron chi connectivity index (χ2n) is 2.98. The maximum absolute atomic E-state index is 4.11. The van der Waals surface area contributed by atoms with Crippen molar-refractivity contribution in [2.45, 2.75) is 17.0 Å². The van der Waals surface area contributed by atoms with Gasteiger partial charge in [0.05, 0.1) is 0 Å². The van der Waals surface area contributed by atoms with E-state index in [9.17, 15) is 0 Å². The van der Waals surface area contributed by atoms with E-state index in [0.717, 1.165) is 29.5 Å². The van der Waals surface area contributed by atoms with E-state index in [-0.39, 0.29) is 0 Å². The molecule has 1 N–H and O–H groups in total. The Balaban J connectivity index is 2.10. The van der Waals surface area contributed by atoms with Crippen molar-refractivity contribution in [1.82, 2.24) is 14.8 Å². The van der Waals surface area contributed by atoms with E-state index in [4.69, 9.17) is 0 Å². The van der Waals surface area contributed by atoms with Crippen LogP contribution >= 0.6 is 27.7 Å². The van der Waals surface area contributed by atoms with Crippen molar-refractivity contribution in [3.05, 3.63) is 12.7 Å². The van der Waals surface area contributed by atoms with Gasteiger partial charge in [0.25, 0.3) is 0 Å². The maximum Gasteiger partial charge on any atom is 0.225 e. The summed E-state index contributed by atoms with van der Waals surface area (Å²) in [6.45, 7) is 5.35. The molecule has 1 aromatic heterocycles. The van der Waals surface area contributed by atoms with Gasteiger partial charge < -0.3 is 5.32 Å². The van der Waals surface area contributed by atoms with Gasteiger partial charge in [0.1, 0.15) is 0 Å². The van der Waals surface area contributed by atoms with Crippen LogP contribution in [0.5, 0.6) is 0 Å². The number of nitrogens with one attached hydrogen (secondary N) is 1. The minimum Gasteiger partial charge on any atom is -0.351 e. The summed E-state index contributed by atoms with van der Waals surface area (Å²) in [5, 5.41) is 13.9. The van der Waals surface area contributed by atoms with Crippen LogP contribution in [-0.4, -0.2) is 31.9 Å². The number of anilines is 1. The molecular formula is C8H11BrN4S. The first-order chi connectivity index (χ1) is 6.85. The van der Waals surface area contributed by atoms with Crippen molar-refractivity contribution in [3.63, 3.8) is 0 Å². The average molecular weight is 275 g/mol. The lowest BCUT2D eigenvalue weighted by molar-refractivity contribution is 0.678. The summed E-state index contributed by atoms with van der Waals surface area (Å²) in [6, 6.07) is 0. The second kappa shape index (κ2) is 4.35. The highest BCUT2D eigenvalue weighted by Gasteiger charge is 2.25. The van der Waals surface area contributed by atoms with Crippen molar-refractivity contribution >= 4 is 33.6 Å². The van der Waals surface area contributed by atoms with Crippen LogP contribution in [0.3, 0.4) is 0 Å². The van der Waals surface area contributed by atoms with E-state index >= 15 is 0 Å². The SMILES string of the molecule is C=CCNc1nnc2n1C[C@H](CBr)S2. The van der Waals surface area contributed by atoms with Crippen LogP contribution in [0.1, 0.15) is 0 Å². The van der Waals surface area contributed by atoms with Crippen molar-refractivity contribution in [2.24, 2.45) is 0 Å². The molecule has 0 aliphatic carbocycles. The molecule has 0 unspecified atom stereocenters. The van der Waals surface area contributed by atoms with Crippen LogP contribution in [-0.2, 0) is 6.54 Å². The van der Waals surface area contributed by atoms with Gasteiger partial charge in [-0.2, -0.15) is 0 Å². The summed E-state index contributed by atoms with van der Waals surface area (Å²) in [5.74, 6) is 0.843. The quantitative estimate of drug-likeness (QED) is 0.671. The van der Waals surface area contributed by atoms with Gasteiger partial charge in [-0.1, -0.05) is 33.8 Å². The molecule has 0 saturated carbocycles. The Hall–Kier alpha value is -0.490. The third-order valence-corrected chi connectivity index (χ3v) is 4.32. The lowest BCUT2D eigenvalue weighted by atomic mass is 10.5. The van der Waals surface area contributed by atoms with Crippen molar-refractivity contribution in [2.75, 3.05) is 17.2 Å². The Kier molecular flexibility index (Phi) is 3.12. The normalized spacial score (nSPS) is 19.4. The first kappa shape index (κ1) is 10.0. The molecule has 76 valence electrons. The Labute approximate surface area is 95.3 Å². The summed E-state index contributed by atoms with van der Waals surface area (Å²) in [6.07, 6.45) is 1.81. The zero-order chi connectivity index (χ0) is 9.97. The monoisotopic (exact) mass is 274 g/mol. The van der Waals surface area contributed by atoms with Gasteiger partial charge in [-0.3, -0.25) is 4.57 Å². The van der Waals surface area contributed by atoms with Crippen LogP contribution in [0.25, 0.3) is 0 Å². The van der Waals surface area contributed by atoms with Gasteiger partial charge in [0, 0.05) is 23.7 Å². The molecule has 1 aromatic rings. The molecule has 0 aromatic carbocycles. The van der Waals surface area contributed by atoms with Gasteiger partial charge in [-0.25, -0.2) is 0 Å². The van der Waals surface area contributed by atoms with E-state index in [0.29, 0.717) is 5.25 Å². The minimum absolute atomic E-state index is 0.574. The molecule has 1 aliphatic heterocycles. The molecule has 0 bridgehead atoms. The summed E-state index contributed by atoms with van der Waals surface area (Å²) in [7, 11) is 0. The number of hydrogen-bond acceptors (Lipinski definition) is 4. The summed E-state index contributed by atoms with van der Waals surface area (Å²) in [4.78, 5) is 0. The van der Waals surface area contributed by atoms with Crippen LogP contribution in [0, 0.1) is 0 Å². The Morgan fingerprint density at radius 3 is 3.29 bits per heavy atom. The molecule has 1 aliphatic rings. The van der Waals surface area contributed by atoms with Crippen LogP contribution in [0.15, 0.2) is 17.8 Å². The first-order valence-electron chi connectivity index (χ1n) is 4.35. The molecule has 4 nitrogen and oxygen atoms in total. The Bertz CT molecular complexity index is 338. The largest absolute Gasteiger partial charge is 0.351 e. The fourth-order valence-corrected chi connectivity index (χ4v) is 2.87. The molecule has 2 heterocycles. The number of alkyl halides is 1. The highest BCUT2D eigenvalue weighted by Crippen LogP contribution is 2.33. The predicted octanol–water partition coefficient (Wildman–Crippen LogP) is 1.75. The van der Waals surface area contributed by atoms with E-state index in [1.807, 2.05) is 6.08 Å². The number of fused-ring (bicyclic) bond motifs is 1. The van der Waals surface area contributed by atoms with Gasteiger partial charge in [-0.15, -0.1) is 16.8 Å². The fourth-order valence-electron chi connectivity index (χ4n) is 1.30. The Morgan fingerprint density at radius 1 is 1.71 bits per heavy atom. The van der Waals surface area contributed by atoms with Gasteiger partial charge >= 0.3 is 0 Å². The maximum atomic E-state index is 4.11. The fraction of sp³-hybridized carbons (Fsp3) is 0.500. The number of halogens is 1. The molecule has 2 rings (SSSR count). The number of hydrogen-bond donors (Lipinski definition) is 1. The smallest absolute Gasteiger partial charge is 0.225 e. The van der Waals surface area contributed by atoms with Gasteiger partial charge in [0.15, 0.2) is 5.16 Å². The molecule has 6 heteroatoms. The van der Waals surface area contributed by atoms with Crippen molar-refractivity contribution in [1.29, 1.82) is 0 Å². The number of nitrogens with zero attached hydrogens (tertiary/aromatic N) is 3. The zero-order valence-electron chi connectivity index (χ0n) is 7.61. The summed E-state index contributed by atoms with van der Waals surface area (Å²) in [5.41, 5.74) is 0. The third kappa shape index (κ3) is 1.81. The summed E-state index contributed by atoms with van der Waals surface area (Å²) < 4.78 is 2.11.